The smallest absolute Gasteiger partial charge is 0.315 e. The van der Waals surface area contributed by atoms with Crippen molar-refractivity contribution in [2.24, 2.45) is 0 Å². The first-order valence-corrected chi connectivity index (χ1v) is 6.83. The summed E-state index contributed by atoms with van der Waals surface area (Å²) >= 11 is 1.53. The van der Waals surface area contributed by atoms with E-state index in [4.69, 9.17) is 9.84 Å². The normalized spacial score (nSPS) is 9.44. The average molecular weight is 264 g/mol. The fourth-order valence-electron chi connectivity index (χ4n) is 1.28. The molecule has 0 saturated carbocycles. The van der Waals surface area contributed by atoms with E-state index in [2.05, 4.69) is 11.8 Å². The first-order chi connectivity index (χ1) is 8.76. The van der Waals surface area contributed by atoms with E-state index in [-0.39, 0.29) is 12.6 Å². The summed E-state index contributed by atoms with van der Waals surface area (Å²) in [5.41, 5.74) is 2.02. The van der Waals surface area contributed by atoms with Crippen LogP contribution >= 0.6 is 11.8 Å². The van der Waals surface area contributed by atoms with Gasteiger partial charge in [-0.05, 0) is 24.6 Å². The summed E-state index contributed by atoms with van der Waals surface area (Å²) in [5.74, 6) is 6.40. The maximum atomic E-state index is 11.1. The Hall–Kier alpha value is -1.44. The zero-order valence-electron chi connectivity index (χ0n) is 10.3. The third-order valence-corrected chi connectivity index (χ3v) is 3.04. The van der Waals surface area contributed by atoms with Crippen molar-refractivity contribution in [2.75, 3.05) is 19.0 Å². The van der Waals surface area contributed by atoms with Gasteiger partial charge in [-0.3, -0.25) is 4.79 Å². The molecule has 0 aromatic heterocycles. The number of rotatable bonds is 5. The molecule has 4 heteroatoms. The minimum Gasteiger partial charge on any atom is -0.465 e. The number of carbonyl (C=O) groups excluding carboxylic acids is 1. The first-order valence-electron chi connectivity index (χ1n) is 5.68. The minimum atomic E-state index is -0.173. The second-order valence-electron chi connectivity index (χ2n) is 3.45. The lowest BCUT2D eigenvalue weighted by molar-refractivity contribution is -0.139. The van der Waals surface area contributed by atoms with Crippen LogP contribution in [-0.2, 0) is 15.3 Å². The Bertz CT molecular complexity index is 429. The Balaban J connectivity index is 2.37. The molecule has 0 aliphatic heterocycles. The molecule has 0 radical (unpaired) electrons. The summed E-state index contributed by atoms with van der Waals surface area (Å²) in [5, 5.41) is 8.57. The van der Waals surface area contributed by atoms with E-state index >= 15 is 0 Å². The van der Waals surface area contributed by atoms with E-state index in [1.54, 1.807) is 6.92 Å². The second-order valence-corrected chi connectivity index (χ2v) is 4.44. The highest BCUT2D eigenvalue weighted by molar-refractivity contribution is 7.99. The Morgan fingerprint density at radius 3 is 2.72 bits per heavy atom. The van der Waals surface area contributed by atoms with Crippen LogP contribution in [0.5, 0.6) is 0 Å². The van der Waals surface area contributed by atoms with Crippen molar-refractivity contribution in [3.63, 3.8) is 0 Å². The SMILES string of the molecule is CCOC(=O)CSCc1ccc(C#CCO)cc1. The molecule has 1 aromatic carbocycles. The molecule has 0 saturated heterocycles. The standard InChI is InChI=1S/C14H16O3S/c1-2-17-14(16)11-18-10-13-7-5-12(6-8-13)4-3-9-15/h5-8,15H,2,9-11H2,1H3. The van der Waals surface area contributed by atoms with Crippen molar-refractivity contribution in [2.45, 2.75) is 12.7 Å². The average Bonchev–Trinajstić information content (AvgIpc) is 2.38. The zero-order valence-corrected chi connectivity index (χ0v) is 11.1. The van der Waals surface area contributed by atoms with E-state index in [9.17, 15) is 4.79 Å². The van der Waals surface area contributed by atoms with Gasteiger partial charge in [-0.1, -0.05) is 24.0 Å². The molecule has 1 aromatic rings. The molecule has 0 aliphatic rings. The van der Waals surface area contributed by atoms with E-state index in [0.29, 0.717) is 12.4 Å². The maximum absolute atomic E-state index is 11.1. The van der Waals surface area contributed by atoms with Crippen LogP contribution < -0.4 is 0 Å². The van der Waals surface area contributed by atoms with Crippen LogP contribution in [-0.4, -0.2) is 30.0 Å². The summed E-state index contributed by atoms with van der Waals surface area (Å²) in [6, 6.07) is 7.75. The third-order valence-electron chi connectivity index (χ3n) is 2.06. The van der Waals surface area contributed by atoms with E-state index in [1.807, 2.05) is 24.3 Å². The molecule has 1 rings (SSSR count). The predicted molar refractivity (Wildman–Crippen MR) is 73.2 cm³/mol. The van der Waals surface area contributed by atoms with Gasteiger partial charge in [-0.15, -0.1) is 11.8 Å². The number of ether oxygens (including phenoxy) is 1. The molecule has 0 fully saturated rings. The summed E-state index contributed by atoms with van der Waals surface area (Å²) in [6.45, 7) is 2.10. The van der Waals surface area contributed by atoms with Gasteiger partial charge in [0.25, 0.3) is 0 Å². The Morgan fingerprint density at radius 2 is 2.11 bits per heavy atom. The molecule has 0 spiro atoms. The van der Waals surface area contributed by atoms with Crippen LogP contribution in [0.4, 0.5) is 0 Å². The van der Waals surface area contributed by atoms with E-state index < -0.39 is 0 Å². The number of aliphatic hydroxyl groups excluding tert-OH is 1. The molecule has 3 nitrogen and oxygen atoms in total. The van der Waals surface area contributed by atoms with Gasteiger partial charge >= 0.3 is 5.97 Å². The van der Waals surface area contributed by atoms with Crippen molar-refractivity contribution in [1.29, 1.82) is 0 Å². The van der Waals surface area contributed by atoms with Gasteiger partial charge in [0.2, 0.25) is 0 Å². The lowest BCUT2D eigenvalue weighted by Crippen LogP contribution is -2.06. The summed E-state index contributed by atoms with van der Waals surface area (Å²) in [6.07, 6.45) is 0. The molecule has 0 atom stereocenters. The molecule has 0 aliphatic carbocycles. The van der Waals surface area contributed by atoms with Crippen molar-refractivity contribution in [3.8, 4) is 11.8 Å². The molecule has 0 amide bonds. The van der Waals surface area contributed by atoms with Gasteiger partial charge in [-0.25, -0.2) is 0 Å². The highest BCUT2D eigenvalue weighted by Gasteiger charge is 2.01. The van der Waals surface area contributed by atoms with E-state index in [1.165, 1.54) is 11.8 Å². The predicted octanol–water partition coefficient (Wildman–Crippen LogP) is 1.83. The highest BCUT2D eigenvalue weighted by atomic mass is 32.2. The highest BCUT2D eigenvalue weighted by Crippen LogP contribution is 2.13. The first kappa shape index (κ1) is 14.6. The van der Waals surface area contributed by atoms with Crippen molar-refractivity contribution in [1.82, 2.24) is 0 Å². The fraction of sp³-hybridized carbons (Fsp3) is 0.357. The summed E-state index contributed by atoms with van der Waals surface area (Å²) in [7, 11) is 0. The number of esters is 1. The third kappa shape index (κ3) is 5.76. The number of thioether (sulfide) groups is 1. The molecule has 0 unspecified atom stereocenters. The zero-order chi connectivity index (χ0) is 13.2. The van der Waals surface area contributed by atoms with Crippen molar-refractivity contribution < 1.29 is 14.6 Å². The van der Waals surface area contributed by atoms with Crippen LogP contribution in [0.15, 0.2) is 24.3 Å². The number of hydrogen-bond acceptors (Lipinski definition) is 4. The minimum absolute atomic E-state index is 0.128. The van der Waals surface area contributed by atoms with Crippen LogP contribution in [0.25, 0.3) is 0 Å². The Kier molecular flexibility index (Phi) is 7.00. The molecule has 1 N–H and O–H groups in total. The Morgan fingerprint density at radius 1 is 1.39 bits per heavy atom. The van der Waals surface area contributed by atoms with Crippen molar-refractivity contribution in [3.05, 3.63) is 35.4 Å². The summed E-state index contributed by atoms with van der Waals surface area (Å²) in [4.78, 5) is 11.1. The summed E-state index contributed by atoms with van der Waals surface area (Å²) < 4.78 is 4.84. The van der Waals surface area contributed by atoms with Gasteiger partial charge in [0.1, 0.15) is 6.61 Å². The van der Waals surface area contributed by atoms with E-state index in [0.717, 1.165) is 16.9 Å². The molecule has 18 heavy (non-hydrogen) atoms. The lowest BCUT2D eigenvalue weighted by Gasteiger charge is -2.02. The van der Waals surface area contributed by atoms with Crippen LogP contribution in [0, 0.1) is 11.8 Å². The lowest BCUT2D eigenvalue weighted by atomic mass is 10.1. The molecule has 0 heterocycles. The number of carbonyl (C=O) groups is 1. The van der Waals surface area contributed by atoms with Crippen LogP contribution in [0.1, 0.15) is 18.1 Å². The fourth-order valence-corrected chi connectivity index (χ4v) is 2.06. The maximum Gasteiger partial charge on any atom is 0.315 e. The molecule has 0 bridgehead atoms. The molecule has 96 valence electrons. The van der Waals surface area contributed by atoms with Gasteiger partial charge in [0.15, 0.2) is 0 Å². The van der Waals surface area contributed by atoms with Crippen molar-refractivity contribution >= 4 is 17.7 Å². The number of benzene rings is 1. The monoisotopic (exact) mass is 264 g/mol. The van der Waals surface area contributed by atoms with Gasteiger partial charge in [0, 0.05) is 11.3 Å². The molecular formula is C14H16O3S. The quantitative estimate of drug-likeness (QED) is 0.651. The van der Waals surface area contributed by atoms with Gasteiger partial charge < -0.3 is 9.84 Å². The number of hydrogen-bond donors (Lipinski definition) is 1. The number of aliphatic hydroxyl groups is 1. The van der Waals surface area contributed by atoms with Crippen LogP contribution in [0.2, 0.25) is 0 Å². The van der Waals surface area contributed by atoms with Gasteiger partial charge in [0.05, 0.1) is 12.4 Å². The van der Waals surface area contributed by atoms with Crippen LogP contribution in [0.3, 0.4) is 0 Å². The largest absolute Gasteiger partial charge is 0.465 e. The second kappa shape index (κ2) is 8.62. The Labute approximate surface area is 112 Å². The topological polar surface area (TPSA) is 46.5 Å². The van der Waals surface area contributed by atoms with Gasteiger partial charge in [-0.2, -0.15) is 0 Å². The molecular weight excluding hydrogens is 248 g/mol.